The van der Waals surface area contributed by atoms with Gasteiger partial charge in [-0.1, -0.05) is 24.3 Å². The van der Waals surface area contributed by atoms with E-state index in [1.807, 2.05) is 0 Å². The number of hydrogen-bond donors (Lipinski definition) is 0. The lowest BCUT2D eigenvalue weighted by Crippen LogP contribution is -2.00. The van der Waals surface area contributed by atoms with Crippen LogP contribution in [0.15, 0.2) is 24.3 Å². The van der Waals surface area contributed by atoms with Crippen molar-refractivity contribution in [3.63, 3.8) is 0 Å². The molecule has 2 aromatic rings. The molecular formula is C13H11IN2S. The minimum atomic E-state index is 0.652. The standard InChI is InChI=1S/C13H11IN2S/c14-13-15-12(17-16-13)11-9-6-5-7-3-1-2-4-8(7)10(9)11/h1-4,9-11H,5-6H2. The molecule has 0 bridgehead atoms. The molecular weight excluding hydrogens is 343 g/mol. The lowest BCUT2D eigenvalue weighted by Gasteiger charge is -2.13. The number of rotatable bonds is 1. The molecule has 1 aromatic heterocycles. The highest BCUT2D eigenvalue weighted by atomic mass is 127. The maximum absolute atomic E-state index is 4.56. The Morgan fingerprint density at radius 2 is 2.12 bits per heavy atom. The Labute approximate surface area is 118 Å². The Hall–Kier alpha value is -0.490. The van der Waals surface area contributed by atoms with Crippen molar-refractivity contribution < 1.29 is 0 Å². The second kappa shape index (κ2) is 3.75. The summed E-state index contributed by atoms with van der Waals surface area (Å²) in [7, 11) is 0. The molecule has 2 aliphatic rings. The zero-order valence-electron chi connectivity index (χ0n) is 9.14. The van der Waals surface area contributed by atoms with Gasteiger partial charge in [0.2, 0.25) is 3.83 Å². The lowest BCUT2D eigenvalue weighted by molar-refractivity contribution is 0.658. The minimum Gasteiger partial charge on any atom is -0.214 e. The van der Waals surface area contributed by atoms with E-state index in [2.05, 4.69) is 56.2 Å². The van der Waals surface area contributed by atoms with Crippen molar-refractivity contribution in [1.29, 1.82) is 0 Å². The second-order valence-electron chi connectivity index (χ2n) is 4.85. The molecule has 2 nitrogen and oxygen atoms in total. The van der Waals surface area contributed by atoms with Gasteiger partial charge >= 0.3 is 0 Å². The molecule has 1 aromatic carbocycles. The van der Waals surface area contributed by atoms with Gasteiger partial charge in [0, 0.05) is 28.5 Å². The molecule has 0 amide bonds. The van der Waals surface area contributed by atoms with E-state index in [1.165, 1.54) is 17.8 Å². The topological polar surface area (TPSA) is 25.8 Å². The molecule has 3 atom stereocenters. The monoisotopic (exact) mass is 354 g/mol. The first-order valence-corrected chi connectivity index (χ1v) is 7.77. The van der Waals surface area contributed by atoms with E-state index in [4.69, 9.17) is 0 Å². The highest BCUT2D eigenvalue weighted by Gasteiger charge is 2.55. The third-order valence-corrected chi connectivity index (χ3v) is 5.66. The van der Waals surface area contributed by atoms with Crippen molar-refractivity contribution >= 4 is 34.1 Å². The van der Waals surface area contributed by atoms with Crippen LogP contribution in [0.4, 0.5) is 0 Å². The van der Waals surface area contributed by atoms with Crippen LogP contribution in [0.3, 0.4) is 0 Å². The van der Waals surface area contributed by atoms with Gasteiger partial charge < -0.3 is 0 Å². The molecule has 4 heteroatoms. The van der Waals surface area contributed by atoms with E-state index in [0.717, 1.165) is 15.7 Å². The summed E-state index contributed by atoms with van der Waals surface area (Å²) in [6.07, 6.45) is 2.56. The van der Waals surface area contributed by atoms with Crippen LogP contribution in [-0.4, -0.2) is 9.36 Å². The maximum atomic E-state index is 4.56. The highest BCUT2D eigenvalue weighted by molar-refractivity contribution is 14.1. The van der Waals surface area contributed by atoms with Crippen LogP contribution < -0.4 is 0 Å². The van der Waals surface area contributed by atoms with Crippen LogP contribution in [0.25, 0.3) is 0 Å². The zero-order valence-corrected chi connectivity index (χ0v) is 12.1. The third kappa shape index (κ3) is 1.57. The van der Waals surface area contributed by atoms with E-state index < -0.39 is 0 Å². The Morgan fingerprint density at radius 3 is 2.94 bits per heavy atom. The van der Waals surface area contributed by atoms with Crippen LogP contribution in [0.1, 0.15) is 34.4 Å². The minimum absolute atomic E-state index is 0.652. The summed E-state index contributed by atoms with van der Waals surface area (Å²) in [4.78, 5) is 4.56. The molecule has 86 valence electrons. The molecule has 1 fully saturated rings. The lowest BCUT2D eigenvalue weighted by atomic mass is 9.92. The number of aryl methyl sites for hydroxylation is 1. The SMILES string of the molecule is Ic1nsc(C2C3CCc4ccccc4C32)n1. The van der Waals surface area contributed by atoms with Gasteiger partial charge in [-0.15, -0.1) is 0 Å². The molecule has 2 aliphatic carbocycles. The summed E-state index contributed by atoms with van der Waals surface area (Å²) in [6.45, 7) is 0. The summed E-state index contributed by atoms with van der Waals surface area (Å²) in [5, 5.41) is 1.25. The predicted octanol–water partition coefficient (Wildman–Crippen LogP) is 3.59. The fraction of sp³-hybridized carbons (Fsp3) is 0.385. The molecule has 0 radical (unpaired) electrons. The zero-order chi connectivity index (χ0) is 11.4. The van der Waals surface area contributed by atoms with Crippen molar-refractivity contribution in [3.8, 4) is 0 Å². The number of fused-ring (bicyclic) bond motifs is 3. The van der Waals surface area contributed by atoms with E-state index in [9.17, 15) is 0 Å². The van der Waals surface area contributed by atoms with Gasteiger partial charge in [0.25, 0.3) is 0 Å². The van der Waals surface area contributed by atoms with Gasteiger partial charge in [-0.2, -0.15) is 4.37 Å². The van der Waals surface area contributed by atoms with Crippen LogP contribution in [0, 0.1) is 9.75 Å². The van der Waals surface area contributed by atoms with Crippen LogP contribution in [-0.2, 0) is 6.42 Å². The van der Waals surface area contributed by atoms with Gasteiger partial charge in [0.1, 0.15) is 5.01 Å². The van der Waals surface area contributed by atoms with Crippen molar-refractivity contribution in [1.82, 2.24) is 9.36 Å². The van der Waals surface area contributed by atoms with Crippen molar-refractivity contribution in [2.75, 3.05) is 0 Å². The van der Waals surface area contributed by atoms with Gasteiger partial charge in [0.05, 0.1) is 0 Å². The molecule has 1 heterocycles. The summed E-state index contributed by atoms with van der Waals surface area (Å²) in [5.41, 5.74) is 3.12. The molecule has 0 N–H and O–H groups in total. The average Bonchev–Trinajstić information content (AvgIpc) is 2.96. The second-order valence-corrected chi connectivity index (χ2v) is 6.60. The van der Waals surface area contributed by atoms with Gasteiger partial charge in [0.15, 0.2) is 0 Å². The fourth-order valence-electron chi connectivity index (χ4n) is 3.25. The quantitative estimate of drug-likeness (QED) is 0.732. The first kappa shape index (κ1) is 10.4. The predicted molar refractivity (Wildman–Crippen MR) is 76.4 cm³/mol. The number of hydrogen-bond acceptors (Lipinski definition) is 3. The van der Waals surface area contributed by atoms with Crippen LogP contribution in [0.2, 0.25) is 0 Å². The van der Waals surface area contributed by atoms with Gasteiger partial charge in [-0.3, -0.25) is 0 Å². The molecule has 3 unspecified atom stereocenters. The van der Waals surface area contributed by atoms with Crippen molar-refractivity contribution in [2.45, 2.75) is 24.7 Å². The van der Waals surface area contributed by atoms with Crippen molar-refractivity contribution in [2.24, 2.45) is 5.92 Å². The van der Waals surface area contributed by atoms with E-state index in [1.54, 1.807) is 22.7 Å². The fourth-order valence-corrected chi connectivity index (χ4v) is 4.75. The number of benzene rings is 1. The summed E-state index contributed by atoms with van der Waals surface area (Å²) in [5.74, 6) is 2.21. The first-order valence-electron chi connectivity index (χ1n) is 5.91. The molecule has 4 rings (SSSR count). The summed E-state index contributed by atoms with van der Waals surface area (Å²) < 4.78 is 5.21. The maximum Gasteiger partial charge on any atom is 0.203 e. The number of halogens is 1. The largest absolute Gasteiger partial charge is 0.214 e. The summed E-state index contributed by atoms with van der Waals surface area (Å²) in [6, 6.07) is 8.91. The van der Waals surface area contributed by atoms with Crippen molar-refractivity contribution in [3.05, 3.63) is 44.2 Å². The highest BCUT2D eigenvalue weighted by Crippen LogP contribution is 2.65. The van der Waals surface area contributed by atoms with Crippen LogP contribution in [0.5, 0.6) is 0 Å². The van der Waals surface area contributed by atoms with Gasteiger partial charge in [-0.05, 0) is 47.3 Å². The Balaban J connectivity index is 1.73. The van der Waals surface area contributed by atoms with E-state index in [0.29, 0.717) is 5.92 Å². The third-order valence-electron chi connectivity index (χ3n) is 4.03. The summed E-state index contributed by atoms with van der Waals surface area (Å²) >= 11 is 3.80. The molecule has 0 spiro atoms. The van der Waals surface area contributed by atoms with E-state index >= 15 is 0 Å². The Morgan fingerprint density at radius 1 is 1.24 bits per heavy atom. The number of nitrogens with zero attached hydrogens (tertiary/aromatic N) is 2. The first-order chi connectivity index (χ1) is 8.34. The van der Waals surface area contributed by atoms with E-state index in [-0.39, 0.29) is 0 Å². The molecule has 17 heavy (non-hydrogen) atoms. The Kier molecular flexibility index (Phi) is 2.30. The molecule has 1 saturated carbocycles. The molecule has 0 aliphatic heterocycles. The van der Waals surface area contributed by atoms with Gasteiger partial charge in [-0.25, -0.2) is 4.98 Å². The van der Waals surface area contributed by atoms with Crippen LogP contribution >= 0.6 is 34.1 Å². The average molecular weight is 354 g/mol. The number of aromatic nitrogens is 2. The normalized spacial score (nSPS) is 29.6. The smallest absolute Gasteiger partial charge is 0.203 e. The Bertz CT molecular complexity index is 580. The molecule has 0 saturated heterocycles.